The van der Waals surface area contributed by atoms with Gasteiger partial charge in [-0.1, -0.05) is 36.4 Å². The molecule has 0 amide bonds. The Bertz CT molecular complexity index is 816. The summed E-state index contributed by atoms with van der Waals surface area (Å²) in [6, 6.07) is 16.9. The number of benzene rings is 2. The van der Waals surface area contributed by atoms with Gasteiger partial charge < -0.3 is 5.11 Å². The molecule has 1 N–H and O–H groups in total. The van der Waals surface area contributed by atoms with E-state index in [1.54, 1.807) is 17.8 Å². The first-order valence-corrected chi connectivity index (χ1v) is 7.69. The first kappa shape index (κ1) is 13.6. The summed E-state index contributed by atoms with van der Waals surface area (Å²) in [5.74, 6) is -0.934. The van der Waals surface area contributed by atoms with Gasteiger partial charge in [0, 0.05) is 15.8 Å². The zero-order chi connectivity index (χ0) is 14.8. The summed E-state index contributed by atoms with van der Waals surface area (Å²) in [6.45, 7) is 0. The number of aromatic nitrogens is 1. The van der Waals surface area contributed by atoms with E-state index < -0.39 is 5.97 Å². The van der Waals surface area contributed by atoms with Crippen LogP contribution in [0.25, 0.3) is 22.2 Å². The highest BCUT2D eigenvalue weighted by molar-refractivity contribution is 7.98. The number of carboxylic acid groups (broad SMARTS) is 1. The molecule has 3 aromatic rings. The molecular formula is C17H13NO2S. The molecular weight excluding hydrogens is 282 g/mol. The van der Waals surface area contributed by atoms with Gasteiger partial charge in [-0.05, 0) is 24.5 Å². The van der Waals surface area contributed by atoms with E-state index in [1.807, 2.05) is 54.8 Å². The Morgan fingerprint density at radius 1 is 1.10 bits per heavy atom. The lowest BCUT2D eigenvalue weighted by molar-refractivity contribution is 0.0699. The molecule has 0 radical (unpaired) electrons. The number of carboxylic acids is 1. The molecule has 0 aliphatic carbocycles. The predicted molar refractivity (Wildman–Crippen MR) is 85.9 cm³/mol. The smallest absolute Gasteiger partial charge is 0.336 e. The zero-order valence-corrected chi connectivity index (χ0v) is 12.2. The van der Waals surface area contributed by atoms with Crippen molar-refractivity contribution >= 4 is 28.6 Å². The molecule has 0 aliphatic heterocycles. The predicted octanol–water partition coefficient (Wildman–Crippen LogP) is 4.32. The fraction of sp³-hybridized carbons (Fsp3) is 0.0588. The molecule has 104 valence electrons. The van der Waals surface area contributed by atoms with Crippen LogP contribution in [0.4, 0.5) is 0 Å². The van der Waals surface area contributed by atoms with E-state index in [2.05, 4.69) is 4.98 Å². The Balaban J connectivity index is 2.30. The molecule has 0 bridgehead atoms. The van der Waals surface area contributed by atoms with Crippen LogP contribution in [0.15, 0.2) is 59.5 Å². The number of rotatable bonds is 3. The van der Waals surface area contributed by atoms with E-state index >= 15 is 0 Å². The van der Waals surface area contributed by atoms with Gasteiger partial charge >= 0.3 is 5.97 Å². The fourth-order valence-corrected chi connectivity index (χ4v) is 2.70. The number of nitrogens with zero attached hydrogens (tertiary/aromatic N) is 1. The van der Waals surface area contributed by atoms with Gasteiger partial charge in [0.1, 0.15) is 0 Å². The summed E-state index contributed by atoms with van der Waals surface area (Å²) in [7, 11) is 0. The van der Waals surface area contributed by atoms with Crippen molar-refractivity contribution in [2.24, 2.45) is 0 Å². The van der Waals surface area contributed by atoms with Gasteiger partial charge in [0.25, 0.3) is 0 Å². The average molecular weight is 295 g/mol. The van der Waals surface area contributed by atoms with Gasteiger partial charge in [0.05, 0.1) is 16.8 Å². The lowest BCUT2D eigenvalue weighted by Crippen LogP contribution is -2.00. The Morgan fingerprint density at radius 3 is 2.52 bits per heavy atom. The van der Waals surface area contributed by atoms with Gasteiger partial charge in [0.15, 0.2) is 0 Å². The van der Waals surface area contributed by atoms with E-state index in [-0.39, 0.29) is 5.56 Å². The van der Waals surface area contributed by atoms with Crippen molar-refractivity contribution in [3.63, 3.8) is 0 Å². The monoisotopic (exact) mass is 295 g/mol. The molecule has 0 spiro atoms. The largest absolute Gasteiger partial charge is 0.478 e. The lowest BCUT2D eigenvalue weighted by atomic mass is 10.0. The first-order chi connectivity index (χ1) is 10.2. The van der Waals surface area contributed by atoms with Gasteiger partial charge in [-0.25, -0.2) is 9.78 Å². The molecule has 1 heterocycles. The van der Waals surface area contributed by atoms with Gasteiger partial charge in [-0.3, -0.25) is 0 Å². The van der Waals surface area contributed by atoms with Crippen LogP contribution in [0.1, 0.15) is 10.4 Å². The normalized spacial score (nSPS) is 10.7. The second-order valence-electron chi connectivity index (χ2n) is 4.61. The third-order valence-corrected chi connectivity index (χ3v) is 4.04. The standard InChI is InChI=1S/C17H13NO2S/c1-21-12-7-8-13-14(17(19)20)10-15(18-16(13)9-12)11-5-3-2-4-6-11/h2-10H,1H3,(H,19,20). The van der Waals surface area contributed by atoms with E-state index in [1.165, 1.54) is 0 Å². The second-order valence-corrected chi connectivity index (χ2v) is 5.49. The number of hydrogen-bond acceptors (Lipinski definition) is 3. The fourth-order valence-electron chi connectivity index (χ4n) is 2.27. The maximum Gasteiger partial charge on any atom is 0.336 e. The van der Waals surface area contributed by atoms with Crippen LogP contribution in [0.2, 0.25) is 0 Å². The van der Waals surface area contributed by atoms with Crippen LogP contribution >= 0.6 is 11.8 Å². The highest BCUT2D eigenvalue weighted by Gasteiger charge is 2.13. The number of pyridine rings is 1. The average Bonchev–Trinajstić information content (AvgIpc) is 2.53. The van der Waals surface area contributed by atoms with Gasteiger partial charge in [-0.2, -0.15) is 0 Å². The number of hydrogen-bond donors (Lipinski definition) is 1. The van der Waals surface area contributed by atoms with Gasteiger partial charge in [-0.15, -0.1) is 11.8 Å². The quantitative estimate of drug-likeness (QED) is 0.731. The summed E-state index contributed by atoms with van der Waals surface area (Å²) in [5, 5.41) is 10.1. The van der Waals surface area contributed by atoms with E-state index in [4.69, 9.17) is 0 Å². The molecule has 0 atom stereocenters. The van der Waals surface area contributed by atoms with Crippen molar-refractivity contribution in [3.8, 4) is 11.3 Å². The van der Waals surface area contributed by atoms with Crippen molar-refractivity contribution in [1.29, 1.82) is 0 Å². The molecule has 2 aromatic carbocycles. The Labute approximate surface area is 126 Å². The molecule has 1 aromatic heterocycles. The second kappa shape index (κ2) is 5.58. The molecule has 21 heavy (non-hydrogen) atoms. The van der Waals surface area contributed by atoms with Crippen LogP contribution in [0.3, 0.4) is 0 Å². The Morgan fingerprint density at radius 2 is 1.86 bits per heavy atom. The van der Waals surface area contributed by atoms with Gasteiger partial charge in [0.2, 0.25) is 0 Å². The topological polar surface area (TPSA) is 50.2 Å². The molecule has 0 fully saturated rings. The van der Waals surface area contributed by atoms with Crippen LogP contribution in [-0.2, 0) is 0 Å². The lowest BCUT2D eigenvalue weighted by Gasteiger charge is -2.08. The van der Waals surface area contributed by atoms with E-state index in [0.717, 1.165) is 10.5 Å². The minimum absolute atomic E-state index is 0.284. The Kier molecular flexibility index (Phi) is 3.62. The van der Waals surface area contributed by atoms with Crippen molar-refractivity contribution < 1.29 is 9.90 Å². The van der Waals surface area contributed by atoms with Crippen molar-refractivity contribution in [1.82, 2.24) is 4.98 Å². The molecule has 0 unspecified atom stereocenters. The van der Waals surface area contributed by atoms with Crippen LogP contribution in [0, 0.1) is 0 Å². The molecule has 0 saturated carbocycles. The Hall–Kier alpha value is -2.33. The summed E-state index contributed by atoms with van der Waals surface area (Å²) in [5.41, 5.74) is 2.59. The van der Waals surface area contributed by atoms with Crippen molar-refractivity contribution in [2.45, 2.75) is 4.90 Å². The number of fused-ring (bicyclic) bond motifs is 1. The highest BCUT2D eigenvalue weighted by Crippen LogP contribution is 2.27. The molecule has 0 aliphatic rings. The molecule has 4 heteroatoms. The number of thioether (sulfide) groups is 1. The van der Waals surface area contributed by atoms with Crippen LogP contribution in [-0.4, -0.2) is 22.3 Å². The summed E-state index contributed by atoms with van der Waals surface area (Å²) < 4.78 is 0. The molecule has 3 rings (SSSR count). The third kappa shape index (κ3) is 2.62. The third-order valence-electron chi connectivity index (χ3n) is 3.32. The van der Waals surface area contributed by atoms with E-state index in [9.17, 15) is 9.90 Å². The number of aromatic carboxylic acids is 1. The zero-order valence-electron chi connectivity index (χ0n) is 11.4. The summed E-state index contributed by atoms with van der Waals surface area (Å²) in [4.78, 5) is 17.2. The first-order valence-electron chi connectivity index (χ1n) is 6.46. The van der Waals surface area contributed by atoms with E-state index in [0.29, 0.717) is 16.6 Å². The van der Waals surface area contributed by atoms with Crippen molar-refractivity contribution in [2.75, 3.05) is 6.26 Å². The minimum atomic E-state index is -0.934. The minimum Gasteiger partial charge on any atom is -0.478 e. The molecule has 0 saturated heterocycles. The molecule has 3 nitrogen and oxygen atoms in total. The highest BCUT2D eigenvalue weighted by atomic mass is 32.2. The SMILES string of the molecule is CSc1ccc2c(C(=O)O)cc(-c3ccccc3)nc2c1. The number of carbonyl (C=O) groups is 1. The summed E-state index contributed by atoms with van der Waals surface area (Å²) >= 11 is 1.61. The summed E-state index contributed by atoms with van der Waals surface area (Å²) in [6.07, 6.45) is 1.99. The van der Waals surface area contributed by atoms with Crippen molar-refractivity contribution in [3.05, 3.63) is 60.2 Å². The maximum absolute atomic E-state index is 11.5. The van der Waals surface area contributed by atoms with Crippen LogP contribution in [0.5, 0.6) is 0 Å². The maximum atomic E-state index is 11.5. The van der Waals surface area contributed by atoms with Crippen LogP contribution < -0.4 is 0 Å².